The maximum Gasteiger partial charge on any atom is 0.122 e. The van der Waals surface area contributed by atoms with E-state index in [2.05, 4.69) is 18.3 Å². The summed E-state index contributed by atoms with van der Waals surface area (Å²) >= 11 is 0. The highest BCUT2D eigenvalue weighted by Gasteiger charge is 2.25. The lowest BCUT2D eigenvalue weighted by molar-refractivity contribution is 0.328. The molecule has 0 saturated heterocycles. The van der Waals surface area contributed by atoms with E-state index in [9.17, 15) is 0 Å². The summed E-state index contributed by atoms with van der Waals surface area (Å²) < 4.78 is 10.9. The normalized spacial score (nSPS) is 22.6. The van der Waals surface area contributed by atoms with E-state index in [1.54, 1.807) is 14.2 Å². The van der Waals surface area contributed by atoms with Gasteiger partial charge in [-0.1, -0.05) is 13.3 Å². The zero-order valence-electron chi connectivity index (χ0n) is 12.9. The predicted octanol–water partition coefficient (Wildman–Crippen LogP) is 3.73. The van der Waals surface area contributed by atoms with Gasteiger partial charge in [0, 0.05) is 11.6 Å². The largest absolute Gasteiger partial charge is 0.497 e. The number of hydrogen-bond donors (Lipinski definition) is 1. The highest BCUT2D eigenvalue weighted by atomic mass is 16.5. The summed E-state index contributed by atoms with van der Waals surface area (Å²) in [5.41, 5.74) is 1.30. The summed E-state index contributed by atoms with van der Waals surface area (Å²) in [4.78, 5) is 0. The molecule has 0 amide bonds. The molecule has 2 atom stereocenters. The van der Waals surface area contributed by atoms with Crippen molar-refractivity contribution < 1.29 is 9.47 Å². The van der Waals surface area contributed by atoms with Crippen molar-refractivity contribution in [3.05, 3.63) is 23.8 Å². The van der Waals surface area contributed by atoms with Crippen molar-refractivity contribution >= 4 is 0 Å². The molecule has 1 N–H and O–H groups in total. The van der Waals surface area contributed by atoms with E-state index in [1.165, 1.54) is 37.7 Å². The first-order valence-corrected chi connectivity index (χ1v) is 7.73. The van der Waals surface area contributed by atoms with Gasteiger partial charge in [0.05, 0.1) is 14.2 Å². The van der Waals surface area contributed by atoms with E-state index in [0.717, 1.165) is 18.0 Å². The highest BCUT2D eigenvalue weighted by molar-refractivity contribution is 5.42. The van der Waals surface area contributed by atoms with Gasteiger partial charge in [-0.3, -0.25) is 0 Å². The van der Waals surface area contributed by atoms with E-state index in [1.807, 2.05) is 12.1 Å². The van der Waals surface area contributed by atoms with Crippen molar-refractivity contribution in [1.82, 2.24) is 5.32 Å². The SMILES string of the molecule is CCCNC1CCCC(c2cc(OC)ccc2OC)C1. The standard InChI is InChI=1S/C17H27NO2/c1-4-10-18-14-7-5-6-13(11-14)16-12-15(19-2)8-9-17(16)20-3/h8-9,12-14,18H,4-7,10-11H2,1-3H3. The molecule has 0 aliphatic heterocycles. The molecule has 1 aliphatic carbocycles. The molecular weight excluding hydrogens is 250 g/mol. The average molecular weight is 277 g/mol. The van der Waals surface area contributed by atoms with Crippen LogP contribution in [0, 0.1) is 0 Å². The molecule has 1 aromatic carbocycles. The molecule has 0 heterocycles. The van der Waals surface area contributed by atoms with Crippen molar-refractivity contribution in [2.45, 2.75) is 51.0 Å². The third kappa shape index (κ3) is 3.66. The van der Waals surface area contributed by atoms with E-state index in [0.29, 0.717) is 12.0 Å². The van der Waals surface area contributed by atoms with Crippen LogP contribution in [0.5, 0.6) is 11.5 Å². The zero-order valence-corrected chi connectivity index (χ0v) is 12.9. The summed E-state index contributed by atoms with van der Waals surface area (Å²) in [6.45, 7) is 3.34. The molecule has 2 rings (SSSR count). The lowest BCUT2D eigenvalue weighted by atomic mass is 9.81. The summed E-state index contributed by atoms with van der Waals surface area (Å²) in [6, 6.07) is 6.78. The second-order valence-electron chi connectivity index (χ2n) is 5.62. The first-order valence-electron chi connectivity index (χ1n) is 7.73. The molecule has 0 spiro atoms. The van der Waals surface area contributed by atoms with Gasteiger partial charge in [-0.15, -0.1) is 0 Å². The monoisotopic (exact) mass is 277 g/mol. The Morgan fingerprint density at radius 3 is 2.75 bits per heavy atom. The van der Waals surface area contributed by atoms with Gasteiger partial charge in [0.15, 0.2) is 0 Å². The molecule has 1 fully saturated rings. The summed E-state index contributed by atoms with van der Waals surface area (Å²) in [5, 5.41) is 3.67. The third-order valence-electron chi connectivity index (χ3n) is 4.23. The van der Waals surface area contributed by atoms with Crippen LogP contribution in [0.4, 0.5) is 0 Å². The lowest BCUT2D eigenvalue weighted by Crippen LogP contribution is -2.34. The van der Waals surface area contributed by atoms with Gasteiger partial charge in [0.2, 0.25) is 0 Å². The molecular formula is C17H27NO2. The molecule has 3 nitrogen and oxygen atoms in total. The van der Waals surface area contributed by atoms with Crippen molar-refractivity contribution in [1.29, 1.82) is 0 Å². The number of nitrogens with one attached hydrogen (secondary N) is 1. The van der Waals surface area contributed by atoms with Gasteiger partial charge in [-0.05, 0) is 56.3 Å². The molecule has 1 aliphatic rings. The van der Waals surface area contributed by atoms with Crippen molar-refractivity contribution in [3.63, 3.8) is 0 Å². The summed E-state index contributed by atoms with van der Waals surface area (Å²) in [6.07, 6.45) is 6.22. The van der Waals surface area contributed by atoms with Gasteiger partial charge >= 0.3 is 0 Å². The lowest BCUT2D eigenvalue weighted by Gasteiger charge is -2.31. The summed E-state index contributed by atoms with van der Waals surface area (Å²) in [7, 11) is 3.47. The molecule has 20 heavy (non-hydrogen) atoms. The average Bonchev–Trinajstić information content (AvgIpc) is 2.52. The minimum atomic E-state index is 0.572. The topological polar surface area (TPSA) is 30.5 Å². The Hall–Kier alpha value is -1.22. The summed E-state index contributed by atoms with van der Waals surface area (Å²) in [5.74, 6) is 2.49. The Balaban J connectivity index is 2.12. The van der Waals surface area contributed by atoms with E-state index < -0.39 is 0 Å². The second kappa shape index (κ2) is 7.53. The van der Waals surface area contributed by atoms with Gasteiger partial charge < -0.3 is 14.8 Å². The fourth-order valence-electron chi connectivity index (χ4n) is 3.16. The number of hydrogen-bond acceptors (Lipinski definition) is 3. The first kappa shape index (κ1) is 15.2. The Morgan fingerprint density at radius 1 is 1.20 bits per heavy atom. The number of methoxy groups -OCH3 is 2. The van der Waals surface area contributed by atoms with Crippen LogP contribution in [-0.2, 0) is 0 Å². The number of rotatable bonds is 6. The van der Waals surface area contributed by atoms with Crippen LogP contribution in [0.3, 0.4) is 0 Å². The Kier molecular flexibility index (Phi) is 5.72. The van der Waals surface area contributed by atoms with E-state index >= 15 is 0 Å². The Labute approximate surface area is 122 Å². The van der Waals surface area contributed by atoms with Crippen molar-refractivity contribution in [3.8, 4) is 11.5 Å². The smallest absolute Gasteiger partial charge is 0.122 e. The molecule has 112 valence electrons. The van der Waals surface area contributed by atoms with Crippen LogP contribution >= 0.6 is 0 Å². The van der Waals surface area contributed by atoms with Crippen LogP contribution in [0.1, 0.15) is 50.5 Å². The van der Waals surface area contributed by atoms with Gasteiger partial charge in [0.1, 0.15) is 11.5 Å². The minimum Gasteiger partial charge on any atom is -0.497 e. The molecule has 1 aromatic rings. The van der Waals surface area contributed by atoms with Crippen molar-refractivity contribution in [2.24, 2.45) is 0 Å². The van der Waals surface area contributed by atoms with E-state index in [-0.39, 0.29) is 0 Å². The van der Waals surface area contributed by atoms with Crippen LogP contribution < -0.4 is 14.8 Å². The second-order valence-corrected chi connectivity index (χ2v) is 5.62. The molecule has 1 saturated carbocycles. The van der Waals surface area contributed by atoms with Crippen LogP contribution in [0.25, 0.3) is 0 Å². The van der Waals surface area contributed by atoms with Crippen molar-refractivity contribution in [2.75, 3.05) is 20.8 Å². The van der Waals surface area contributed by atoms with Gasteiger partial charge in [-0.25, -0.2) is 0 Å². The Bertz CT molecular complexity index is 419. The van der Waals surface area contributed by atoms with Crippen LogP contribution in [0.2, 0.25) is 0 Å². The number of benzene rings is 1. The Morgan fingerprint density at radius 2 is 2.05 bits per heavy atom. The zero-order chi connectivity index (χ0) is 14.4. The highest BCUT2D eigenvalue weighted by Crippen LogP contribution is 2.39. The van der Waals surface area contributed by atoms with Crippen LogP contribution in [0.15, 0.2) is 18.2 Å². The predicted molar refractivity (Wildman–Crippen MR) is 82.8 cm³/mol. The van der Waals surface area contributed by atoms with Gasteiger partial charge in [0.25, 0.3) is 0 Å². The maximum absolute atomic E-state index is 5.54. The molecule has 0 aromatic heterocycles. The third-order valence-corrected chi connectivity index (χ3v) is 4.23. The number of ether oxygens (including phenoxy) is 2. The quantitative estimate of drug-likeness (QED) is 0.859. The fourth-order valence-corrected chi connectivity index (χ4v) is 3.16. The maximum atomic E-state index is 5.54. The molecule has 0 radical (unpaired) electrons. The van der Waals surface area contributed by atoms with E-state index in [4.69, 9.17) is 9.47 Å². The fraction of sp³-hybridized carbons (Fsp3) is 0.647. The minimum absolute atomic E-state index is 0.572. The van der Waals surface area contributed by atoms with Gasteiger partial charge in [-0.2, -0.15) is 0 Å². The molecule has 3 heteroatoms. The molecule has 2 unspecified atom stereocenters. The van der Waals surface area contributed by atoms with Crippen LogP contribution in [-0.4, -0.2) is 26.8 Å². The first-order chi connectivity index (χ1) is 9.78. The molecule has 0 bridgehead atoms.